The van der Waals surface area contributed by atoms with Gasteiger partial charge in [-0.05, 0) is 61.0 Å². The Kier molecular flexibility index (Phi) is 7.81. The fraction of sp³-hybridized carbons (Fsp3) is 0.0870. The molecule has 0 unspecified atom stereocenters. The van der Waals surface area contributed by atoms with Crippen molar-refractivity contribution in [2.75, 3.05) is 11.9 Å². The van der Waals surface area contributed by atoms with E-state index in [9.17, 15) is 9.59 Å². The van der Waals surface area contributed by atoms with Crippen LogP contribution in [-0.4, -0.2) is 24.6 Å². The van der Waals surface area contributed by atoms with E-state index in [1.807, 2.05) is 13.0 Å². The molecule has 0 spiro atoms. The molecule has 0 fully saturated rings. The van der Waals surface area contributed by atoms with Crippen molar-refractivity contribution in [3.63, 3.8) is 0 Å². The van der Waals surface area contributed by atoms with Crippen molar-refractivity contribution < 1.29 is 14.3 Å². The van der Waals surface area contributed by atoms with Gasteiger partial charge in [-0.25, -0.2) is 5.43 Å². The first-order valence-electron chi connectivity index (χ1n) is 9.29. The van der Waals surface area contributed by atoms with Gasteiger partial charge in [0.25, 0.3) is 11.8 Å². The minimum atomic E-state index is -0.335. The molecule has 0 atom stereocenters. The molecule has 2 N–H and O–H groups in total. The molecule has 8 heteroatoms. The van der Waals surface area contributed by atoms with Crippen LogP contribution in [0.25, 0.3) is 0 Å². The second kappa shape index (κ2) is 10.7. The van der Waals surface area contributed by atoms with Crippen LogP contribution in [0.4, 0.5) is 5.69 Å². The first-order valence-corrected chi connectivity index (χ1v) is 10.5. The molecule has 0 radical (unpaired) electrons. The molecular weight excluding hydrogens is 482 g/mol. The number of carbonyl (C=O) groups is 2. The number of rotatable bonds is 7. The number of benzene rings is 3. The zero-order valence-corrected chi connectivity index (χ0v) is 18.9. The van der Waals surface area contributed by atoms with Gasteiger partial charge >= 0.3 is 0 Å². The van der Waals surface area contributed by atoms with E-state index in [0.717, 1.165) is 10.0 Å². The Morgan fingerprint density at radius 3 is 2.58 bits per heavy atom. The number of hydrazone groups is 1. The fourth-order valence-electron chi connectivity index (χ4n) is 2.56. The predicted molar refractivity (Wildman–Crippen MR) is 126 cm³/mol. The highest BCUT2D eigenvalue weighted by atomic mass is 79.9. The summed E-state index contributed by atoms with van der Waals surface area (Å²) in [5.74, 6) is -0.199. The van der Waals surface area contributed by atoms with Gasteiger partial charge in [0.2, 0.25) is 0 Å². The molecule has 0 aromatic heterocycles. The Labute approximate surface area is 193 Å². The number of nitrogens with one attached hydrogen (secondary N) is 2. The molecule has 0 heterocycles. The molecule has 3 rings (SSSR count). The maximum absolute atomic E-state index is 12.2. The van der Waals surface area contributed by atoms with Crippen molar-refractivity contribution in [1.82, 2.24) is 5.43 Å². The van der Waals surface area contributed by atoms with E-state index in [1.165, 1.54) is 6.21 Å². The van der Waals surface area contributed by atoms with E-state index < -0.39 is 0 Å². The van der Waals surface area contributed by atoms with Gasteiger partial charge in [0.15, 0.2) is 6.61 Å². The molecule has 2 amide bonds. The summed E-state index contributed by atoms with van der Waals surface area (Å²) in [5.41, 5.74) is 5.09. The number of nitrogens with zero attached hydrogens (tertiary/aromatic N) is 1. The number of hydrogen-bond donors (Lipinski definition) is 2. The lowest BCUT2D eigenvalue weighted by Crippen LogP contribution is -2.20. The maximum atomic E-state index is 12.2. The number of carbonyl (C=O) groups excluding carboxylic acids is 2. The monoisotopic (exact) mass is 499 g/mol. The number of hydrogen-bond acceptors (Lipinski definition) is 4. The van der Waals surface area contributed by atoms with E-state index in [4.69, 9.17) is 16.3 Å². The first-order chi connectivity index (χ1) is 14.9. The van der Waals surface area contributed by atoms with Crippen LogP contribution in [0.1, 0.15) is 21.5 Å². The van der Waals surface area contributed by atoms with Crippen molar-refractivity contribution in [3.8, 4) is 5.75 Å². The molecular formula is C23H19BrClN3O3. The van der Waals surface area contributed by atoms with Gasteiger partial charge in [-0.3, -0.25) is 9.59 Å². The predicted octanol–water partition coefficient (Wildman–Crippen LogP) is 5.19. The minimum Gasteiger partial charge on any atom is -0.483 e. The number of anilines is 1. The molecule has 0 aliphatic rings. The number of aryl methyl sites for hydroxylation is 1. The highest BCUT2D eigenvalue weighted by molar-refractivity contribution is 9.10. The van der Waals surface area contributed by atoms with Crippen LogP contribution >= 0.6 is 27.5 Å². The molecule has 0 aliphatic carbocycles. The largest absolute Gasteiger partial charge is 0.483 e. The summed E-state index contributed by atoms with van der Waals surface area (Å²) in [4.78, 5) is 24.3. The summed E-state index contributed by atoms with van der Waals surface area (Å²) in [7, 11) is 0. The first kappa shape index (κ1) is 22.5. The van der Waals surface area contributed by atoms with E-state index >= 15 is 0 Å². The summed E-state index contributed by atoms with van der Waals surface area (Å²) in [5, 5.41) is 7.29. The minimum absolute atomic E-state index is 0.193. The SMILES string of the molecule is Cc1ccc(NC(=O)COc2ccccc2/C=N/NC(=O)c2ccc(Br)cc2)cc1Cl. The van der Waals surface area contributed by atoms with Gasteiger partial charge in [-0.2, -0.15) is 5.10 Å². The Hall–Kier alpha value is -3.16. The lowest BCUT2D eigenvalue weighted by atomic mass is 10.2. The zero-order valence-electron chi connectivity index (χ0n) is 16.6. The molecule has 3 aromatic carbocycles. The van der Waals surface area contributed by atoms with Gasteiger partial charge in [0.05, 0.1) is 6.21 Å². The number of halogens is 2. The van der Waals surface area contributed by atoms with E-state index in [2.05, 4.69) is 31.8 Å². The second-order valence-corrected chi connectivity index (χ2v) is 7.87. The molecule has 3 aromatic rings. The third kappa shape index (κ3) is 6.67. The Morgan fingerprint density at radius 1 is 1.10 bits per heavy atom. The molecule has 0 saturated heterocycles. The summed E-state index contributed by atoms with van der Waals surface area (Å²) in [6, 6.07) is 19.3. The standard InChI is InChI=1S/C23H19BrClN3O3/c1-15-6-11-19(12-20(15)25)27-22(29)14-31-21-5-3-2-4-17(21)13-26-28-23(30)16-7-9-18(24)10-8-16/h2-13H,14H2,1H3,(H,27,29)(H,28,30)/b26-13+. The molecule has 158 valence electrons. The van der Waals surface area contributed by atoms with Crippen molar-refractivity contribution in [2.45, 2.75) is 6.92 Å². The van der Waals surface area contributed by atoms with Gasteiger partial charge in [-0.15, -0.1) is 0 Å². The third-order valence-corrected chi connectivity index (χ3v) is 5.15. The number of para-hydroxylation sites is 1. The van der Waals surface area contributed by atoms with Crippen molar-refractivity contribution in [2.24, 2.45) is 5.10 Å². The van der Waals surface area contributed by atoms with Crippen molar-refractivity contribution in [3.05, 3.63) is 92.9 Å². The van der Waals surface area contributed by atoms with Crippen molar-refractivity contribution >= 4 is 51.2 Å². The highest BCUT2D eigenvalue weighted by Gasteiger charge is 2.08. The molecule has 0 saturated carbocycles. The number of ether oxygens (including phenoxy) is 1. The normalized spacial score (nSPS) is 10.7. The average molecular weight is 501 g/mol. The summed E-state index contributed by atoms with van der Waals surface area (Å²) < 4.78 is 6.51. The zero-order chi connectivity index (χ0) is 22.2. The van der Waals surface area contributed by atoms with E-state index in [0.29, 0.717) is 27.6 Å². The number of amides is 2. The quantitative estimate of drug-likeness (QED) is 0.346. The second-order valence-electron chi connectivity index (χ2n) is 6.54. The van der Waals surface area contributed by atoms with Crippen LogP contribution in [0.2, 0.25) is 5.02 Å². The Morgan fingerprint density at radius 2 is 1.84 bits per heavy atom. The van der Waals surface area contributed by atoms with Crippen molar-refractivity contribution in [1.29, 1.82) is 0 Å². The van der Waals surface area contributed by atoms with Gasteiger partial charge < -0.3 is 10.1 Å². The molecule has 6 nitrogen and oxygen atoms in total. The summed E-state index contributed by atoms with van der Waals surface area (Å²) in [6.45, 7) is 1.69. The lowest BCUT2D eigenvalue weighted by molar-refractivity contribution is -0.118. The topological polar surface area (TPSA) is 79.8 Å². The summed E-state index contributed by atoms with van der Waals surface area (Å²) >= 11 is 9.40. The van der Waals surface area contributed by atoms with Crippen LogP contribution < -0.4 is 15.5 Å². The molecule has 0 bridgehead atoms. The van der Waals surface area contributed by atoms with Gasteiger partial charge in [0.1, 0.15) is 5.75 Å². The fourth-order valence-corrected chi connectivity index (χ4v) is 3.00. The van der Waals surface area contributed by atoms with Crippen LogP contribution in [0.5, 0.6) is 5.75 Å². The third-order valence-electron chi connectivity index (χ3n) is 4.21. The van der Waals surface area contributed by atoms with Crippen LogP contribution in [0.3, 0.4) is 0 Å². The van der Waals surface area contributed by atoms with Crippen LogP contribution in [0, 0.1) is 6.92 Å². The average Bonchev–Trinajstić information content (AvgIpc) is 2.76. The Balaban J connectivity index is 1.57. The molecule has 31 heavy (non-hydrogen) atoms. The smallest absolute Gasteiger partial charge is 0.271 e. The summed E-state index contributed by atoms with van der Waals surface area (Å²) in [6.07, 6.45) is 1.46. The van der Waals surface area contributed by atoms with Crippen LogP contribution in [-0.2, 0) is 4.79 Å². The lowest BCUT2D eigenvalue weighted by Gasteiger charge is -2.10. The maximum Gasteiger partial charge on any atom is 0.271 e. The van der Waals surface area contributed by atoms with Gasteiger partial charge in [-0.1, -0.05) is 45.7 Å². The molecule has 0 aliphatic heterocycles. The Bertz CT molecular complexity index is 1120. The van der Waals surface area contributed by atoms with E-state index in [1.54, 1.807) is 60.7 Å². The highest BCUT2D eigenvalue weighted by Crippen LogP contribution is 2.20. The van der Waals surface area contributed by atoms with Crippen LogP contribution in [0.15, 0.2) is 76.3 Å². The van der Waals surface area contributed by atoms with E-state index in [-0.39, 0.29) is 18.4 Å². The van der Waals surface area contributed by atoms with Gasteiger partial charge in [0, 0.05) is 26.3 Å².